The van der Waals surface area contributed by atoms with Gasteiger partial charge in [0.1, 0.15) is 5.75 Å². The molecule has 0 unspecified atom stereocenters. The number of piperidine rings is 1. The molecule has 8 nitrogen and oxygen atoms in total. The summed E-state index contributed by atoms with van der Waals surface area (Å²) in [5.41, 5.74) is 0.663. The van der Waals surface area contributed by atoms with Gasteiger partial charge in [-0.2, -0.15) is 0 Å². The van der Waals surface area contributed by atoms with Crippen molar-refractivity contribution < 1.29 is 27.4 Å². The highest BCUT2D eigenvalue weighted by molar-refractivity contribution is 7.92. The van der Waals surface area contributed by atoms with E-state index in [-0.39, 0.29) is 19.4 Å². The topological polar surface area (TPSA) is 103 Å². The van der Waals surface area contributed by atoms with Crippen molar-refractivity contribution in [3.05, 3.63) is 17.7 Å². The molecule has 0 aliphatic carbocycles. The van der Waals surface area contributed by atoms with Gasteiger partial charge in [0.25, 0.3) is 0 Å². The van der Waals surface area contributed by atoms with Crippen molar-refractivity contribution in [2.24, 2.45) is 0 Å². The van der Waals surface area contributed by atoms with Crippen LogP contribution in [0.2, 0.25) is 0 Å². The number of carbonyl (C=O) groups is 1. The molecule has 0 saturated carbocycles. The van der Waals surface area contributed by atoms with Crippen LogP contribution in [0, 0.1) is 0 Å². The summed E-state index contributed by atoms with van der Waals surface area (Å²) in [5.74, 6) is 1.03. The Bertz CT molecular complexity index is 757. The number of benzene rings is 1. The average Bonchev–Trinajstić information content (AvgIpc) is 2.64. The van der Waals surface area contributed by atoms with Crippen LogP contribution in [0.15, 0.2) is 12.1 Å². The molecule has 1 saturated heterocycles. The fraction of sp³-hybridized carbons (Fsp3) is 0.588. The second-order valence-electron chi connectivity index (χ2n) is 6.22. The first kappa shape index (κ1) is 20.3. The summed E-state index contributed by atoms with van der Waals surface area (Å²) in [6.45, 7) is 1.09. The molecule has 1 aliphatic rings. The Hall–Kier alpha value is -2.00. The van der Waals surface area contributed by atoms with E-state index in [1.54, 1.807) is 12.1 Å². The van der Waals surface area contributed by atoms with Gasteiger partial charge in [0, 0.05) is 24.4 Å². The summed E-state index contributed by atoms with van der Waals surface area (Å²) in [7, 11) is 0.987. The maximum absolute atomic E-state index is 12.8. The van der Waals surface area contributed by atoms with Crippen molar-refractivity contribution in [3.8, 4) is 17.2 Å². The third-order valence-electron chi connectivity index (χ3n) is 4.76. The molecular formula is C17H26N2O6S. The molecule has 2 rings (SSSR count). The second-order valence-corrected chi connectivity index (χ2v) is 8.54. The van der Waals surface area contributed by atoms with E-state index in [1.807, 2.05) is 0 Å². The van der Waals surface area contributed by atoms with Gasteiger partial charge in [-0.25, -0.2) is 8.42 Å². The molecule has 9 heteroatoms. The van der Waals surface area contributed by atoms with Crippen LogP contribution in [0.5, 0.6) is 17.2 Å². The minimum atomic E-state index is -3.56. The lowest BCUT2D eigenvalue weighted by atomic mass is 9.95. The maximum atomic E-state index is 12.8. The Morgan fingerprint density at radius 1 is 1.08 bits per heavy atom. The lowest BCUT2D eigenvalue weighted by Crippen LogP contribution is -2.57. The normalized spacial score (nSPS) is 16.6. The van der Waals surface area contributed by atoms with E-state index < -0.39 is 20.5 Å². The highest BCUT2D eigenvalue weighted by Crippen LogP contribution is 2.35. The van der Waals surface area contributed by atoms with Gasteiger partial charge in [-0.05, 0) is 32.0 Å². The molecule has 1 amide bonds. The molecular weight excluding hydrogens is 360 g/mol. The van der Waals surface area contributed by atoms with Crippen LogP contribution in [0.25, 0.3) is 0 Å². The van der Waals surface area contributed by atoms with Gasteiger partial charge < -0.3 is 24.8 Å². The monoisotopic (exact) mass is 386 g/mol. The SMILES string of the molecule is COc1cc(OC)c(OC)cc1CNC(=O)C1(S(C)(=O)=O)CCNCC1. The van der Waals surface area contributed by atoms with Crippen molar-refractivity contribution >= 4 is 15.7 Å². The molecule has 1 fully saturated rings. The van der Waals surface area contributed by atoms with E-state index in [0.29, 0.717) is 35.9 Å². The van der Waals surface area contributed by atoms with Gasteiger partial charge in [0.05, 0.1) is 21.3 Å². The van der Waals surface area contributed by atoms with Crippen molar-refractivity contribution in [3.63, 3.8) is 0 Å². The minimum absolute atomic E-state index is 0.118. The van der Waals surface area contributed by atoms with Crippen LogP contribution in [0.4, 0.5) is 0 Å². The molecule has 1 aromatic carbocycles. The molecule has 1 aromatic rings. The van der Waals surface area contributed by atoms with Crippen LogP contribution in [0.1, 0.15) is 18.4 Å². The number of hydrogen-bond acceptors (Lipinski definition) is 7. The highest BCUT2D eigenvalue weighted by Gasteiger charge is 2.48. The van der Waals surface area contributed by atoms with E-state index in [2.05, 4.69) is 10.6 Å². The third-order valence-corrected chi connectivity index (χ3v) is 6.77. The Morgan fingerprint density at radius 3 is 2.12 bits per heavy atom. The third kappa shape index (κ3) is 3.88. The number of nitrogens with one attached hydrogen (secondary N) is 2. The first-order valence-electron chi connectivity index (χ1n) is 8.26. The molecule has 0 aromatic heterocycles. The van der Waals surface area contributed by atoms with Crippen LogP contribution in [0.3, 0.4) is 0 Å². The van der Waals surface area contributed by atoms with E-state index >= 15 is 0 Å². The molecule has 0 bridgehead atoms. The first-order chi connectivity index (χ1) is 12.3. The quantitative estimate of drug-likeness (QED) is 0.703. The van der Waals surface area contributed by atoms with Crippen LogP contribution in [-0.4, -0.2) is 59.7 Å². The fourth-order valence-corrected chi connectivity index (χ4v) is 4.52. The molecule has 2 N–H and O–H groups in total. The fourth-order valence-electron chi connectivity index (χ4n) is 3.16. The number of sulfone groups is 1. The Balaban J connectivity index is 2.25. The van der Waals surface area contributed by atoms with Crippen LogP contribution in [-0.2, 0) is 21.2 Å². The van der Waals surface area contributed by atoms with E-state index in [1.165, 1.54) is 21.3 Å². The zero-order valence-corrected chi connectivity index (χ0v) is 16.4. The summed E-state index contributed by atoms with van der Waals surface area (Å²) in [6.07, 6.45) is 1.62. The predicted octanol–water partition coefficient (Wildman–Crippen LogP) is 0.495. The Kier molecular flexibility index (Phi) is 6.35. The van der Waals surface area contributed by atoms with Crippen molar-refractivity contribution in [1.82, 2.24) is 10.6 Å². The van der Waals surface area contributed by atoms with Gasteiger partial charge in [0.2, 0.25) is 5.91 Å². The summed E-state index contributed by atoms with van der Waals surface area (Å²) < 4.78 is 39.1. The van der Waals surface area contributed by atoms with Gasteiger partial charge in [0.15, 0.2) is 26.1 Å². The summed E-state index contributed by atoms with van der Waals surface area (Å²) >= 11 is 0. The summed E-state index contributed by atoms with van der Waals surface area (Å²) in [5, 5.41) is 5.85. The molecule has 26 heavy (non-hydrogen) atoms. The molecule has 0 atom stereocenters. The van der Waals surface area contributed by atoms with E-state index in [9.17, 15) is 13.2 Å². The van der Waals surface area contributed by atoms with Crippen molar-refractivity contribution in [1.29, 1.82) is 0 Å². The number of carbonyl (C=O) groups excluding carboxylic acids is 1. The van der Waals surface area contributed by atoms with E-state index in [0.717, 1.165) is 6.26 Å². The number of hydrogen-bond donors (Lipinski definition) is 2. The standard InChI is InChI=1S/C17H26N2O6S/c1-23-13-10-15(25-3)14(24-2)9-12(13)11-19-16(20)17(26(4,21)22)5-7-18-8-6-17/h9-10,18H,5-8,11H2,1-4H3,(H,19,20). The van der Waals surface area contributed by atoms with Gasteiger partial charge in [-0.15, -0.1) is 0 Å². The number of amides is 1. The maximum Gasteiger partial charge on any atom is 0.241 e. The molecule has 0 radical (unpaired) electrons. The lowest BCUT2D eigenvalue weighted by Gasteiger charge is -2.34. The number of rotatable bonds is 7. The van der Waals surface area contributed by atoms with Crippen molar-refractivity contribution in [2.75, 3.05) is 40.7 Å². The van der Waals surface area contributed by atoms with Crippen LogP contribution >= 0.6 is 0 Å². The summed E-state index contributed by atoms with van der Waals surface area (Å²) in [4.78, 5) is 12.8. The molecule has 1 aliphatic heterocycles. The molecule has 1 heterocycles. The van der Waals surface area contributed by atoms with Gasteiger partial charge >= 0.3 is 0 Å². The van der Waals surface area contributed by atoms with Crippen molar-refractivity contribution in [2.45, 2.75) is 24.1 Å². The van der Waals surface area contributed by atoms with E-state index in [4.69, 9.17) is 14.2 Å². The Labute approximate surface area is 154 Å². The van der Waals surface area contributed by atoms with Crippen LogP contribution < -0.4 is 24.8 Å². The highest BCUT2D eigenvalue weighted by atomic mass is 32.2. The zero-order chi connectivity index (χ0) is 19.4. The zero-order valence-electron chi connectivity index (χ0n) is 15.5. The number of ether oxygens (including phenoxy) is 3. The first-order valence-corrected chi connectivity index (χ1v) is 10.2. The van der Waals surface area contributed by atoms with Gasteiger partial charge in [-0.1, -0.05) is 0 Å². The minimum Gasteiger partial charge on any atom is -0.496 e. The smallest absolute Gasteiger partial charge is 0.241 e. The lowest BCUT2D eigenvalue weighted by molar-refractivity contribution is -0.124. The average molecular weight is 386 g/mol. The van der Waals surface area contributed by atoms with Gasteiger partial charge in [-0.3, -0.25) is 4.79 Å². The predicted molar refractivity (Wildman–Crippen MR) is 97.6 cm³/mol. The number of methoxy groups -OCH3 is 3. The largest absolute Gasteiger partial charge is 0.496 e. The Morgan fingerprint density at radius 2 is 1.62 bits per heavy atom. The second kappa shape index (κ2) is 8.13. The molecule has 0 spiro atoms. The summed E-state index contributed by atoms with van der Waals surface area (Å²) in [6, 6.07) is 3.37. The molecule has 146 valence electrons.